The van der Waals surface area contributed by atoms with Crippen LogP contribution in [0, 0.1) is 0 Å². The molecule has 0 fully saturated rings. The van der Waals surface area contributed by atoms with Crippen molar-refractivity contribution in [2.24, 2.45) is 0 Å². The van der Waals surface area contributed by atoms with Gasteiger partial charge in [-0.05, 0) is 12.5 Å². The Kier molecular flexibility index (Phi) is 4.90. The number of aromatic carboxylic acids is 1. The quantitative estimate of drug-likeness (QED) is 0.460. The van der Waals surface area contributed by atoms with E-state index >= 15 is 0 Å². The highest BCUT2D eigenvalue weighted by molar-refractivity contribution is 6.17. The summed E-state index contributed by atoms with van der Waals surface area (Å²) in [5, 5.41) is 10.8. The van der Waals surface area contributed by atoms with Gasteiger partial charge in [-0.2, -0.15) is 0 Å². The average Bonchev–Trinajstić information content (AvgIpc) is 2.29. The predicted octanol–water partition coefficient (Wildman–Crippen LogP) is 0.649. The van der Waals surface area contributed by atoms with Gasteiger partial charge < -0.3 is 25.1 Å². The number of hydrogen-bond acceptors (Lipinski definition) is 5. The molecule has 0 atom stereocenters. The first-order valence-electron chi connectivity index (χ1n) is 4.97. The summed E-state index contributed by atoms with van der Waals surface area (Å²) in [5.74, 6) is -0.184. The summed E-state index contributed by atoms with van der Waals surface area (Å²) in [6.07, 6.45) is 0.673. The van der Waals surface area contributed by atoms with Gasteiger partial charge in [-0.1, -0.05) is 0 Å². The first-order chi connectivity index (χ1) is 8.10. The van der Waals surface area contributed by atoms with Crippen LogP contribution in [0.5, 0.6) is 11.5 Å². The number of carboxylic acid groups (broad SMARTS) is 1. The lowest BCUT2D eigenvalue weighted by molar-refractivity contribution is -0.254. The van der Waals surface area contributed by atoms with Gasteiger partial charge in [0, 0.05) is 23.2 Å². The van der Waals surface area contributed by atoms with Crippen molar-refractivity contribution in [3.63, 3.8) is 0 Å². The van der Waals surface area contributed by atoms with E-state index in [-0.39, 0.29) is 11.3 Å². The molecule has 17 heavy (non-hydrogen) atoms. The highest BCUT2D eigenvalue weighted by Crippen LogP contribution is 2.32. The fraction of sp³-hybridized carbons (Fsp3) is 0.364. The van der Waals surface area contributed by atoms with Gasteiger partial charge in [0.15, 0.2) is 11.5 Å². The number of hydrogen-bond donors (Lipinski definition) is 1. The number of rotatable bonds is 6. The van der Waals surface area contributed by atoms with Gasteiger partial charge in [0.2, 0.25) is 0 Å². The van der Waals surface area contributed by atoms with E-state index in [0.717, 1.165) is 0 Å². The van der Waals surface area contributed by atoms with Crippen LogP contribution in [-0.2, 0) is 0 Å². The molecule has 6 heteroatoms. The number of ether oxygens (including phenoxy) is 2. The normalized spacial score (nSPS) is 10.0. The Labute approximate surface area is 104 Å². The van der Waals surface area contributed by atoms with Crippen LogP contribution in [0.4, 0.5) is 5.69 Å². The second-order valence-electron chi connectivity index (χ2n) is 3.27. The molecule has 0 heterocycles. The van der Waals surface area contributed by atoms with Crippen molar-refractivity contribution in [2.75, 3.05) is 25.3 Å². The van der Waals surface area contributed by atoms with E-state index in [1.807, 2.05) is 0 Å². The summed E-state index contributed by atoms with van der Waals surface area (Å²) in [4.78, 5) is 10.8. The molecule has 0 radical (unpaired) electrons. The number of benzene rings is 1. The largest absolute Gasteiger partial charge is 0.545 e. The fourth-order valence-electron chi connectivity index (χ4n) is 1.26. The zero-order chi connectivity index (χ0) is 12.8. The number of alkyl halides is 1. The average molecular weight is 259 g/mol. The predicted molar refractivity (Wildman–Crippen MR) is 62.6 cm³/mol. The molecule has 1 aromatic rings. The second kappa shape index (κ2) is 6.20. The highest BCUT2D eigenvalue weighted by atomic mass is 35.5. The van der Waals surface area contributed by atoms with Gasteiger partial charge in [0.05, 0.1) is 19.7 Å². The van der Waals surface area contributed by atoms with Crippen LogP contribution < -0.4 is 20.3 Å². The van der Waals surface area contributed by atoms with E-state index in [4.69, 9.17) is 26.8 Å². The molecule has 0 unspecified atom stereocenters. The van der Waals surface area contributed by atoms with Gasteiger partial charge >= 0.3 is 0 Å². The molecule has 1 aromatic carbocycles. The number of carboxylic acids is 1. The Hall–Kier alpha value is -1.62. The lowest BCUT2D eigenvalue weighted by atomic mass is 10.1. The van der Waals surface area contributed by atoms with Crippen molar-refractivity contribution >= 4 is 23.3 Å². The van der Waals surface area contributed by atoms with E-state index in [2.05, 4.69) is 0 Å². The fourth-order valence-corrected chi connectivity index (χ4v) is 1.37. The highest BCUT2D eigenvalue weighted by Gasteiger charge is 2.10. The van der Waals surface area contributed by atoms with E-state index in [0.29, 0.717) is 30.4 Å². The van der Waals surface area contributed by atoms with Crippen molar-refractivity contribution in [1.82, 2.24) is 0 Å². The van der Waals surface area contributed by atoms with E-state index in [1.54, 1.807) is 0 Å². The van der Waals surface area contributed by atoms with Crippen LogP contribution in [-0.4, -0.2) is 25.6 Å². The maximum Gasteiger partial charge on any atom is 0.163 e. The molecule has 0 amide bonds. The number of halogens is 1. The molecule has 0 aliphatic rings. The minimum Gasteiger partial charge on any atom is -0.545 e. The molecule has 0 aliphatic heterocycles. The van der Waals surface area contributed by atoms with Gasteiger partial charge in [-0.15, -0.1) is 11.6 Å². The van der Waals surface area contributed by atoms with Gasteiger partial charge in [-0.25, -0.2) is 0 Å². The topological polar surface area (TPSA) is 84.6 Å². The van der Waals surface area contributed by atoms with Gasteiger partial charge in [-0.3, -0.25) is 0 Å². The standard InChI is InChI=1S/C11H14ClNO4/c1-16-9-5-7(11(14)15)8(13)6-10(9)17-4-2-3-12/h5-6H,2-4,13H2,1H3,(H,14,15)/p-1. The lowest BCUT2D eigenvalue weighted by Crippen LogP contribution is -2.23. The molecule has 5 nitrogen and oxygen atoms in total. The summed E-state index contributed by atoms with van der Waals surface area (Å²) in [6, 6.07) is 2.68. The van der Waals surface area contributed by atoms with Gasteiger partial charge in [0.25, 0.3) is 0 Å². The molecule has 0 aromatic heterocycles. The molecule has 0 bridgehead atoms. The summed E-state index contributed by atoms with van der Waals surface area (Å²) < 4.78 is 10.4. The third-order valence-corrected chi connectivity index (χ3v) is 2.36. The van der Waals surface area contributed by atoms with Gasteiger partial charge in [0.1, 0.15) is 0 Å². The van der Waals surface area contributed by atoms with Crippen molar-refractivity contribution in [3.8, 4) is 11.5 Å². The zero-order valence-corrected chi connectivity index (χ0v) is 10.1. The molecule has 0 aliphatic carbocycles. The van der Waals surface area contributed by atoms with Crippen LogP contribution in [0.25, 0.3) is 0 Å². The number of methoxy groups -OCH3 is 1. The van der Waals surface area contributed by atoms with Crippen molar-refractivity contribution in [3.05, 3.63) is 17.7 Å². The zero-order valence-electron chi connectivity index (χ0n) is 9.36. The van der Waals surface area contributed by atoms with Crippen LogP contribution in [0.15, 0.2) is 12.1 Å². The van der Waals surface area contributed by atoms with E-state index in [1.165, 1.54) is 19.2 Å². The molecular formula is C11H13ClNO4-. The van der Waals surface area contributed by atoms with E-state index < -0.39 is 5.97 Å². The first kappa shape index (κ1) is 13.4. The number of carbonyl (C=O) groups is 1. The molecule has 94 valence electrons. The Morgan fingerprint density at radius 2 is 2.18 bits per heavy atom. The van der Waals surface area contributed by atoms with E-state index in [9.17, 15) is 9.90 Å². The molecule has 0 saturated carbocycles. The minimum atomic E-state index is -1.35. The Balaban J connectivity index is 2.97. The summed E-state index contributed by atoms with van der Waals surface area (Å²) in [7, 11) is 1.42. The van der Waals surface area contributed by atoms with Crippen LogP contribution in [0.2, 0.25) is 0 Å². The van der Waals surface area contributed by atoms with Crippen molar-refractivity contribution in [1.29, 1.82) is 0 Å². The maximum absolute atomic E-state index is 10.8. The lowest BCUT2D eigenvalue weighted by Gasteiger charge is -2.14. The summed E-state index contributed by atoms with van der Waals surface area (Å²) in [6.45, 7) is 0.407. The minimum absolute atomic E-state index is 0.0756. The molecule has 0 spiro atoms. The second-order valence-corrected chi connectivity index (χ2v) is 3.65. The SMILES string of the molecule is COc1cc(C(=O)[O-])c(N)cc1OCCCCl. The van der Waals surface area contributed by atoms with Crippen molar-refractivity contribution < 1.29 is 19.4 Å². The third-order valence-electron chi connectivity index (χ3n) is 2.09. The van der Waals surface area contributed by atoms with Crippen molar-refractivity contribution in [2.45, 2.75) is 6.42 Å². The number of nitrogens with two attached hydrogens (primary N) is 1. The molecule has 2 N–H and O–H groups in total. The van der Waals surface area contributed by atoms with Crippen LogP contribution in [0.3, 0.4) is 0 Å². The smallest absolute Gasteiger partial charge is 0.163 e. The Morgan fingerprint density at radius 3 is 2.71 bits per heavy atom. The monoisotopic (exact) mass is 258 g/mol. The molecular weight excluding hydrogens is 246 g/mol. The maximum atomic E-state index is 10.8. The molecule has 1 rings (SSSR count). The van der Waals surface area contributed by atoms with Crippen LogP contribution in [0.1, 0.15) is 16.8 Å². The first-order valence-corrected chi connectivity index (χ1v) is 5.51. The third kappa shape index (κ3) is 3.42. The summed E-state index contributed by atoms with van der Waals surface area (Å²) in [5.41, 5.74) is 5.52. The number of anilines is 1. The number of carbonyl (C=O) groups excluding carboxylic acids is 1. The molecule has 0 saturated heterocycles. The Bertz CT molecular complexity index is 409. The summed E-state index contributed by atoms with van der Waals surface area (Å²) >= 11 is 5.52. The number of nitrogen functional groups attached to an aromatic ring is 1. The van der Waals surface area contributed by atoms with Crippen LogP contribution >= 0.6 is 11.6 Å². The Morgan fingerprint density at radius 1 is 1.47 bits per heavy atom.